The zero-order valence-corrected chi connectivity index (χ0v) is 15.2. The van der Waals surface area contributed by atoms with E-state index in [9.17, 15) is 9.59 Å². The van der Waals surface area contributed by atoms with Crippen molar-refractivity contribution in [1.29, 1.82) is 0 Å². The molecule has 0 aliphatic rings. The molecule has 26 heavy (non-hydrogen) atoms. The second kappa shape index (κ2) is 6.96. The highest BCUT2D eigenvalue weighted by Crippen LogP contribution is 2.25. The van der Waals surface area contributed by atoms with Crippen LogP contribution >= 0.6 is 0 Å². The molecule has 0 saturated heterocycles. The van der Waals surface area contributed by atoms with Crippen LogP contribution in [0, 0.1) is 20.8 Å². The Bertz CT molecular complexity index is 1030. The number of pyridine rings is 1. The maximum atomic E-state index is 12.9. The first-order valence-electron chi connectivity index (χ1n) is 8.28. The highest BCUT2D eigenvalue weighted by Gasteiger charge is 2.18. The van der Waals surface area contributed by atoms with Crippen molar-refractivity contribution in [2.24, 2.45) is 0 Å². The second-order valence-electron chi connectivity index (χ2n) is 6.19. The minimum absolute atomic E-state index is 0.247. The Morgan fingerprint density at radius 2 is 1.77 bits per heavy atom. The predicted octanol–water partition coefficient (Wildman–Crippen LogP) is 4.20. The van der Waals surface area contributed by atoms with Crippen LogP contribution in [0.25, 0.3) is 10.9 Å². The largest absolute Gasteiger partial charge is 0.465 e. The Balaban J connectivity index is 2.01. The summed E-state index contributed by atoms with van der Waals surface area (Å²) in [5.41, 5.74) is 4.78. The van der Waals surface area contributed by atoms with Crippen LogP contribution in [0.4, 0.5) is 5.69 Å². The van der Waals surface area contributed by atoms with Crippen molar-refractivity contribution < 1.29 is 14.3 Å². The number of hydrogen-bond donors (Lipinski definition) is 1. The van der Waals surface area contributed by atoms with Gasteiger partial charge in [-0.2, -0.15) is 0 Å². The molecule has 5 heteroatoms. The Kier molecular flexibility index (Phi) is 4.71. The first-order chi connectivity index (χ1) is 12.4. The summed E-state index contributed by atoms with van der Waals surface area (Å²) in [7, 11) is 1.33. The van der Waals surface area contributed by atoms with Crippen molar-refractivity contribution in [3.63, 3.8) is 0 Å². The summed E-state index contributed by atoms with van der Waals surface area (Å²) in [6, 6.07) is 12.8. The van der Waals surface area contributed by atoms with Crippen LogP contribution in [0.3, 0.4) is 0 Å². The number of ether oxygens (including phenoxy) is 1. The Labute approximate surface area is 152 Å². The molecule has 0 fully saturated rings. The van der Waals surface area contributed by atoms with E-state index in [1.54, 1.807) is 18.2 Å². The number of fused-ring (bicyclic) bond motifs is 1. The van der Waals surface area contributed by atoms with Gasteiger partial charge in [-0.05, 0) is 50.1 Å². The molecule has 5 nitrogen and oxygen atoms in total. The number of carbonyl (C=O) groups is 2. The quantitative estimate of drug-likeness (QED) is 0.720. The van der Waals surface area contributed by atoms with E-state index in [2.05, 4.69) is 10.3 Å². The van der Waals surface area contributed by atoms with Gasteiger partial charge in [0.2, 0.25) is 0 Å². The molecule has 2 aromatic carbocycles. The van der Waals surface area contributed by atoms with E-state index in [1.165, 1.54) is 7.11 Å². The van der Waals surface area contributed by atoms with E-state index < -0.39 is 5.97 Å². The molecule has 0 unspecified atom stereocenters. The average Bonchev–Trinajstić information content (AvgIpc) is 2.63. The van der Waals surface area contributed by atoms with E-state index in [0.29, 0.717) is 22.5 Å². The van der Waals surface area contributed by atoms with Crippen LogP contribution < -0.4 is 5.32 Å². The van der Waals surface area contributed by atoms with Gasteiger partial charge in [-0.25, -0.2) is 4.79 Å². The number of anilines is 1. The molecule has 1 amide bonds. The monoisotopic (exact) mass is 348 g/mol. The standard InChI is InChI=1S/C21H20N2O3/c1-12-9-10-15(21(25)26-4)11-18(12)23-20(24)19-13(2)16-7-5-6-8-17(16)22-14(19)3/h5-11H,1-4H3,(H,23,24). The number of aromatic nitrogens is 1. The number of nitrogens with one attached hydrogen (secondary N) is 1. The van der Waals surface area contributed by atoms with Gasteiger partial charge >= 0.3 is 5.97 Å². The maximum absolute atomic E-state index is 12.9. The number of esters is 1. The van der Waals surface area contributed by atoms with Crippen molar-refractivity contribution in [2.75, 3.05) is 12.4 Å². The van der Waals surface area contributed by atoms with Crippen molar-refractivity contribution in [2.45, 2.75) is 20.8 Å². The molecule has 0 aliphatic heterocycles. The van der Waals surface area contributed by atoms with Crippen molar-refractivity contribution in [3.05, 3.63) is 70.4 Å². The third-order valence-electron chi connectivity index (χ3n) is 4.47. The number of amides is 1. The fraction of sp³-hybridized carbons (Fsp3) is 0.190. The first-order valence-corrected chi connectivity index (χ1v) is 8.28. The molecule has 0 spiro atoms. The van der Waals surface area contributed by atoms with E-state index in [-0.39, 0.29) is 5.91 Å². The molecule has 0 aliphatic carbocycles. The third-order valence-corrected chi connectivity index (χ3v) is 4.47. The van der Waals surface area contributed by atoms with E-state index in [0.717, 1.165) is 22.0 Å². The van der Waals surface area contributed by atoms with Crippen LogP contribution in [-0.2, 0) is 4.74 Å². The van der Waals surface area contributed by atoms with Gasteiger partial charge in [-0.3, -0.25) is 9.78 Å². The lowest BCUT2D eigenvalue weighted by atomic mass is 10.0. The number of rotatable bonds is 3. The molecule has 132 valence electrons. The van der Waals surface area contributed by atoms with E-state index >= 15 is 0 Å². The summed E-state index contributed by atoms with van der Waals surface area (Å²) in [4.78, 5) is 29.2. The Morgan fingerprint density at radius 1 is 1.04 bits per heavy atom. The molecule has 0 atom stereocenters. The fourth-order valence-electron chi connectivity index (χ4n) is 3.05. The topological polar surface area (TPSA) is 68.3 Å². The normalized spacial score (nSPS) is 10.6. The van der Waals surface area contributed by atoms with Gasteiger partial charge in [0, 0.05) is 11.1 Å². The summed E-state index contributed by atoms with van der Waals surface area (Å²) in [5.74, 6) is -0.691. The number of carbonyl (C=O) groups excluding carboxylic acids is 2. The van der Waals surface area contributed by atoms with Gasteiger partial charge in [0.05, 0.1) is 29.4 Å². The van der Waals surface area contributed by atoms with Crippen LogP contribution in [0.15, 0.2) is 42.5 Å². The number of benzene rings is 2. The smallest absolute Gasteiger partial charge is 0.337 e. The summed E-state index contributed by atoms with van der Waals surface area (Å²) >= 11 is 0. The number of nitrogens with zero attached hydrogens (tertiary/aromatic N) is 1. The average molecular weight is 348 g/mol. The van der Waals surface area contributed by atoms with Gasteiger partial charge < -0.3 is 10.1 Å². The number of methoxy groups -OCH3 is 1. The lowest BCUT2D eigenvalue weighted by Crippen LogP contribution is -2.17. The number of aryl methyl sites for hydroxylation is 3. The first kappa shape index (κ1) is 17.6. The summed E-state index contributed by atoms with van der Waals surface area (Å²) in [6.45, 7) is 5.62. The molecule has 3 aromatic rings. The van der Waals surface area contributed by atoms with Crippen LogP contribution in [0.2, 0.25) is 0 Å². The highest BCUT2D eigenvalue weighted by atomic mass is 16.5. The highest BCUT2D eigenvalue weighted by molar-refractivity contribution is 6.09. The minimum Gasteiger partial charge on any atom is -0.465 e. The summed E-state index contributed by atoms with van der Waals surface area (Å²) < 4.78 is 4.75. The third kappa shape index (κ3) is 3.16. The molecular weight excluding hydrogens is 328 g/mol. The fourth-order valence-corrected chi connectivity index (χ4v) is 3.05. The van der Waals surface area contributed by atoms with Crippen molar-refractivity contribution in [3.8, 4) is 0 Å². The zero-order valence-electron chi connectivity index (χ0n) is 15.2. The maximum Gasteiger partial charge on any atom is 0.337 e. The minimum atomic E-state index is -0.444. The number of hydrogen-bond acceptors (Lipinski definition) is 4. The molecule has 1 aromatic heterocycles. The lowest BCUT2D eigenvalue weighted by Gasteiger charge is -2.14. The molecule has 3 rings (SSSR count). The lowest BCUT2D eigenvalue weighted by molar-refractivity contribution is 0.0600. The van der Waals surface area contributed by atoms with Gasteiger partial charge in [0.25, 0.3) is 5.91 Å². The SMILES string of the molecule is COC(=O)c1ccc(C)c(NC(=O)c2c(C)nc3ccccc3c2C)c1. The van der Waals surface area contributed by atoms with Gasteiger partial charge in [-0.15, -0.1) is 0 Å². The Morgan fingerprint density at radius 3 is 2.50 bits per heavy atom. The molecule has 1 N–H and O–H groups in total. The van der Waals surface area contributed by atoms with Gasteiger partial charge in [0.15, 0.2) is 0 Å². The van der Waals surface area contributed by atoms with E-state index in [1.807, 2.05) is 45.0 Å². The molecule has 0 radical (unpaired) electrons. The van der Waals surface area contributed by atoms with Gasteiger partial charge in [-0.1, -0.05) is 24.3 Å². The molecule has 1 heterocycles. The zero-order chi connectivity index (χ0) is 18.8. The van der Waals surface area contributed by atoms with Crippen molar-refractivity contribution >= 4 is 28.5 Å². The number of para-hydroxylation sites is 1. The molecule has 0 bridgehead atoms. The summed E-state index contributed by atoms with van der Waals surface area (Å²) in [5, 5.41) is 3.85. The predicted molar refractivity (Wildman–Crippen MR) is 102 cm³/mol. The second-order valence-corrected chi connectivity index (χ2v) is 6.19. The molecular formula is C21H20N2O3. The van der Waals surface area contributed by atoms with Gasteiger partial charge in [0.1, 0.15) is 0 Å². The molecule has 0 saturated carbocycles. The van der Waals surface area contributed by atoms with Crippen LogP contribution in [0.5, 0.6) is 0 Å². The van der Waals surface area contributed by atoms with E-state index in [4.69, 9.17) is 4.74 Å². The summed E-state index contributed by atoms with van der Waals surface area (Å²) in [6.07, 6.45) is 0. The Hall–Kier alpha value is -3.21. The van der Waals surface area contributed by atoms with Crippen LogP contribution in [-0.4, -0.2) is 24.0 Å². The van der Waals surface area contributed by atoms with Crippen molar-refractivity contribution in [1.82, 2.24) is 4.98 Å². The van der Waals surface area contributed by atoms with Crippen LogP contribution in [0.1, 0.15) is 37.5 Å².